The van der Waals surface area contributed by atoms with E-state index >= 15 is 0 Å². The number of hydrogen-bond acceptors (Lipinski definition) is 6. The average Bonchev–Trinajstić information content (AvgIpc) is 2.42. The van der Waals surface area contributed by atoms with Gasteiger partial charge in [0.25, 0.3) is 0 Å². The van der Waals surface area contributed by atoms with E-state index in [1.165, 1.54) is 0 Å². The lowest BCUT2D eigenvalue weighted by atomic mass is 10.0. The molecule has 0 radical (unpaired) electrons. The second-order valence-corrected chi connectivity index (χ2v) is 4.96. The van der Waals surface area contributed by atoms with Crippen molar-refractivity contribution >= 4 is 11.6 Å². The van der Waals surface area contributed by atoms with Crippen LogP contribution in [0.15, 0.2) is 6.07 Å². The van der Waals surface area contributed by atoms with Crippen molar-refractivity contribution in [1.82, 2.24) is 9.97 Å². The van der Waals surface area contributed by atoms with Crippen molar-refractivity contribution in [2.75, 3.05) is 23.9 Å². The molecular weight excluding hydrogens is 242 g/mol. The van der Waals surface area contributed by atoms with Crippen LogP contribution in [0.1, 0.15) is 45.4 Å². The Balaban J connectivity index is 2.73. The van der Waals surface area contributed by atoms with Crippen molar-refractivity contribution in [3.63, 3.8) is 0 Å². The first-order valence-electron chi connectivity index (χ1n) is 6.81. The van der Waals surface area contributed by atoms with Gasteiger partial charge in [0.2, 0.25) is 0 Å². The van der Waals surface area contributed by atoms with Gasteiger partial charge < -0.3 is 15.8 Å². The number of aliphatic hydroxyl groups is 1. The zero-order chi connectivity index (χ0) is 14.3. The van der Waals surface area contributed by atoms with Crippen molar-refractivity contribution in [1.29, 1.82) is 0 Å². The summed E-state index contributed by atoms with van der Waals surface area (Å²) < 4.78 is 0. The summed E-state index contributed by atoms with van der Waals surface area (Å²) in [5, 5.41) is 12.3. The smallest absolute Gasteiger partial charge is 0.145 e. The van der Waals surface area contributed by atoms with Crippen LogP contribution in [0.5, 0.6) is 0 Å². The molecular formula is C13H25N5O. The Morgan fingerprint density at radius 1 is 1.32 bits per heavy atom. The molecule has 1 heterocycles. The summed E-state index contributed by atoms with van der Waals surface area (Å²) in [4.78, 5) is 8.77. The standard InChI is InChI=1S/C13H25N5O/c1-4-10(5-6-19)8-15-11-7-12(18-14)17-13(16-11)9(2)3/h7,9-10,19H,4-6,8,14H2,1-3H3,(H2,15,16,17,18). The number of nitrogens with zero attached hydrogens (tertiary/aromatic N) is 2. The molecule has 0 amide bonds. The highest BCUT2D eigenvalue weighted by atomic mass is 16.3. The maximum atomic E-state index is 8.98. The van der Waals surface area contributed by atoms with E-state index in [0.29, 0.717) is 11.7 Å². The molecule has 0 spiro atoms. The molecule has 0 bridgehead atoms. The SMILES string of the molecule is CCC(CCO)CNc1cc(NN)nc(C(C)C)n1. The Morgan fingerprint density at radius 2 is 2.00 bits per heavy atom. The summed E-state index contributed by atoms with van der Waals surface area (Å²) in [5.41, 5.74) is 2.56. The van der Waals surface area contributed by atoms with Crippen molar-refractivity contribution in [3.05, 3.63) is 11.9 Å². The van der Waals surface area contributed by atoms with Gasteiger partial charge in [0.1, 0.15) is 17.5 Å². The fourth-order valence-electron chi connectivity index (χ4n) is 1.77. The van der Waals surface area contributed by atoms with Crippen molar-refractivity contribution in [2.24, 2.45) is 11.8 Å². The number of anilines is 2. The Hall–Kier alpha value is -1.40. The van der Waals surface area contributed by atoms with Crippen molar-refractivity contribution in [3.8, 4) is 0 Å². The van der Waals surface area contributed by atoms with Gasteiger partial charge in [0.05, 0.1) is 0 Å². The zero-order valence-corrected chi connectivity index (χ0v) is 12.0. The van der Waals surface area contributed by atoms with E-state index in [4.69, 9.17) is 10.9 Å². The van der Waals surface area contributed by atoms with E-state index in [0.717, 1.165) is 31.0 Å². The maximum absolute atomic E-state index is 8.98. The number of rotatable bonds is 8. The third kappa shape index (κ3) is 5.00. The van der Waals surface area contributed by atoms with Crippen LogP contribution in [-0.4, -0.2) is 28.2 Å². The number of nitrogens with one attached hydrogen (secondary N) is 2. The van der Waals surface area contributed by atoms with Crippen LogP contribution in [0.25, 0.3) is 0 Å². The molecule has 1 atom stereocenters. The van der Waals surface area contributed by atoms with Gasteiger partial charge in [-0.15, -0.1) is 0 Å². The normalized spacial score (nSPS) is 12.5. The summed E-state index contributed by atoms with van der Waals surface area (Å²) in [6.45, 7) is 7.21. The van der Waals surface area contributed by atoms with Gasteiger partial charge in [-0.2, -0.15) is 0 Å². The van der Waals surface area contributed by atoms with Gasteiger partial charge in [0.15, 0.2) is 0 Å². The van der Waals surface area contributed by atoms with E-state index < -0.39 is 0 Å². The average molecular weight is 267 g/mol. The predicted molar refractivity (Wildman–Crippen MR) is 77.9 cm³/mol. The largest absolute Gasteiger partial charge is 0.396 e. The molecule has 6 heteroatoms. The lowest BCUT2D eigenvalue weighted by Crippen LogP contribution is -2.17. The van der Waals surface area contributed by atoms with Gasteiger partial charge in [-0.25, -0.2) is 15.8 Å². The first-order chi connectivity index (χ1) is 9.10. The maximum Gasteiger partial charge on any atom is 0.145 e. The van der Waals surface area contributed by atoms with Crippen LogP contribution in [0.3, 0.4) is 0 Å². The number of aliphatic hydroxyl groups excluding tert-OH is 1. The predicted octanol–water partition coefficient (Wildman–Crippen LogP) is 1.71. The highest BCUT2D eigenvalue weighted by molar-refractivity contribution is 5.47. The molecule has 0 aliphatic rings. The highest BCUT2D eigenvalue weighted by Crippen LogP contribution is 2.17. The number of nitrogens with two attached hydrogens (primary N) is 1. The summed E-state index contributed by atoms with van der Waals surface area (Å²) in [5.74, 6) is 8.23. The minimum Gasteiger partial charge on any atom is -0.396 e. The number of nitrogen functional groups attached to an aromatic ring is 1. The summed E-state index contributed by atoms with van der Waals surface area (Å²) >= 11 is 0. The number of hydrogen-bond donors (Lipinski definition) is 4. The molecule has 19 heavy (non-hydrogen) atoms. The van der Waals surface area contributed by atoms with E-state index in [2.05, 4.69) is 27.6 Å². The molecule has 1 aromatic heterocycles. The first kappa shape index (κ1) is 15.7. The lowest BCUT2D eigenvalue weighted by Gasteiger charge is -2.16. The monoisotopic (exact) mass is 267 g/mol. The Morgan fingerprint density at radius 3 is 2.53 bits per heavy atom. The number of aromatic nitrogens is 2. The molecule has 108 valence electrons. The third-order valence-corrected chi connectivity index (χ3v) is 3.09. The molecule has 1 rings (SSSR count). The lowest BCUT2D eigenvalue weighted by molar-refractivity contribution is 0.258. The van der Waals surface area contributed by atoms with Crippen molar-refractivity contribution in [2.45, 2.75) is 39.5 Å². The first-order valence-corrected chi connectivity index (χ1v) is 6.81. The topological polar surface area (TPSA) is 96.1 Å². The quantitative estimate of drug-likeness (QED) is 0.423. The summed E-state index contributed by atoms with van der Waals surface area (Å²) in [6.07, 6.45) is 1.82. The van der Waals surface area contributed by atoms with Gasteiger partial charge >= 0.3 is 0 Å². The fraction of sp³-hybridized carbons (Fsp3) is 0.692. The van der Waals surface area contributed by atoms with E-state index in [1.54, 1.807) is 6.07 Å². The molecule has 1 aromatic rings. The summed E-state index contributed by atoms with van der Waals surface area (Å²) in [6, 6.07) is 1.79. The molecule has 5 N–H and O–H groups in total. The second kappa shape index (κ2) is 7.91. The van der Waals surface area contributed by atoms with E-state index in [9.17, 15) is 0 Å². The molecule has 0 aliphatic carbocycles. The van der Waals surface area contributed by atoms with Crippen LogP contribution in [-0.2, 0) is 0 Å². The third-order valence-electron chi connectivity index (χ3n) is 3.09. The Labute approximate surface area is 114 Å². The van der Waals surface area contributed by atoms with Gasteiger partial charge in [-0.3, -0.25) is 0 Å². The second-order valence-electron chi connectivity index (χ2n) is 4.96. The van der Waals surface area contributed by atoms with Crippen LogP contribution in [0.4, 0.5) is 11.6 Å². The summed E-state index contributed by atoms with van der Waals surface area (Å²) in [7, 11) is 0. The van der Waals surface area contributed by atoms with E-state index in [-0.39, 0.29) is 12.5 Å². The molecule has 0 saturated heterocycles. The van der Waals surface area contributed by atoms with E-state index in [1.807, 2.05) is 13.8 Å². The van der Waals surface area contributed by atoms with Crippen LogP contribution in [0, 0.1) is 5.92 Å². The molecule has 0 aromatic carbocycles. The van der Waals surface area contributed by atoms with Gasteiger partial charge in [-0.05, 0) is 12.3 Å². The van der Waals surface area contributed by atoms with Gasteiger partial charge in [0, 0.05) is 25.1 Å². The van der Waals surface area contributed by atoms with Crippen LogP contribution >= 0.6 is 0 Å². The Kier molecular flexibility index (Phi) is 6.52. The molecule has 0 aliphatic heterocycles. The zero-order valence-electron chi connectivity index (χ0n) is 12.0. The minimum atomic E-state index is 0.219. The van der Waals surface area contributed by atoms with Crippen LogP contribution in [0.2, 0.25) is 0 Å². The highest BCUT2D eigenvalue weighted by Gasteiger charge is 2.09. The molecule has 0 fully saturated rings. The molecule has 0 saturated carbocycles. The van der Waals surface area contributed by atoms with Crippen molar-refractivity contribution < 1.29 is 5.11 Å². The molecule has 1 unspecified atom stereocenters. The Bertz CT molecular complexity index is 383. The number of hydrazine groups is 1. The van der Waals surface area contributed by atoms with Gasteiger partial charge in [-0.1, -0.05) is 27.2 Å². The minimum absolute atomic E-state index is 0.219. The fourth-order valence-corrected chi connectivity index (χ4v) is 1.77. The van der Waals surface area contributed by atoms with Crippen LogP contribution < -0.4 is 16.6 Å². The molecule has 6 nitrogen and oxygen atoms in total.